The maximum absolute atomic E-state index is 12.8. The third kappa shape index (κ3) is 7.31. The number of imide groups is 1. The average Bonchev–Trinajstić information content (AvgIpc) is 3.32. The Kier molecular flexibility index (Phi) is 9.04. The molecule has 1 fully saturated rings. The van der Waals surface area contributed by atoms with Crippen molar-refractivity contribution in [2.24, 2.45) is 0 Å². The van der Waals surface area contributed by atoms with Gasteiger partial charge in [-0.3, -0.25) is 19.7 Å². The van der Waals surface area contributed by atoms with Gasteiger partial charge in [-0.05, 0) is 37.5 Å². The lowest BCUT2D eigenvalue weighted by molar-refractivity contribution is -0.154. The zero-order valence-corrected chi connectivity index (χ0v) is 19.6. The molecule has 180 valence electrons. The number of amides is 4. The first-order chi connectivity index (χ1) is 16.3. The van der Waals surface area contributed by atoms with Crippen molar-refractivity contribution in [3.8, 4) is 0 Å². The Balaban J connectivity index is 1.59. The molecule has 2 aromatic rings. The molecule has 2 aromatic carbocycles. The lowest BCUT2D eigenvalue weighted by Crippen LogP contribution is -2.47. The van der Waals surface area contributed by atoms with E-state index in [0.29, 0.717) is 5.56 Å². The minimum atomic E-state index is -1.18. The van der Waals surface area contributed by atoms with E-state index in [-0.39, 0.29) is 23.0 Å². The Morgan fingerprint density at radius 1 is 1.00 bits per heavy atom. The van der Waals surface area contributed by atoms with Crippen LogP contribution in [-0.4, -0.2) is 36.0 Å². The van der Waals surface area contributed by atoms with E-state index in [0.717, 1.165) is 25.7 Å². The number of benzene rings is 2. The van der Waals surface area contributed by atoms with Crippen LogP contribution in [0.25, 0.3) is 0 Å². The fourth-order valence-electron chi connectivity index (χ4n) is 3.79. The van der Waals surface area contributed by atoms with Crippen molar-refractivity contribution in [2.45, 2.75) is 57.2 Å². The molecular formula is C25H28ClN3O5. The summed E-state index contributed by atoms with van der Waals surface area (Å²) < 4.78 is 5.24. The molecule has 8 nitrogen and oxygen atoms in total. The topological polar surface area (TPSA) is 114 Å². The number of carbonyl (C=O) groups excluding carboxylic acids is 4. The van der Waals surface area contributed by atoms with Crippen LogP contribution in [0.5, 0.6) is 0 Å². The van der Waals surface area contributed by atoms with Crippen LogP contribution in [0.2, 0.25) is 5.02 Å². The van der Waals surface area contributed by atoms with E-state index >= 15 is 0 Å². The minimum absolute atomic E-state index is 0.0546. The van der Waals surface area contributed by atoms with Gasteiger partial charge < -0.3 is 15.4 Å². The fourth-order valence-corrected chi connectivity index (χ4v) is 4.01. The molecule has 34 heavy (non-hydrogen) atoms. The number of carbonyl (C=O) groups is 4. The molecule has 0 aliphatic heterocycles. The summed E-state index contributed by atoms with van der Waals surface area (Å²) in [4.78, 5) is 49.7. The smallest absolute Gasteiger partial charge is 0.321 e. The number of hydrogen-bond acceptors (Lipinski definition) is 5. The third-order valence-corrected chi connectivity index (χ3v) is 5.93. The van der Waals surface area contributed by atoms with Crippen molar-refractivity contribution in [3.05, 3.63) is 70.7 Å². The van der Waals surface area contributed by atoms with E-state index in [2.05, 4.69) is 16.0 Å². The number of esters is 1. The molecule has 0 unspecified atom stereocenters. The van der Waals surface area contributed by atoms with Gasteiger partial charge in [-0.15, -0.1) is 0 Å². The van der Waals surface area contributed by atoms with E-state index in [4.69, 9.17) is 16.3 Å². The number of ether oxygens (including phenoxy) is 1. The molecule has 1 saturated carbocycles. The molecule has 4 amide bonds. The van der Waals surface area contributed by atoms with Crippen LogP contribution < -0.4 is 16.0 Å². The predicted octanol–water partition coefficient (Wildman–Crippen LogP) is 3.90. The van der Waals surface area contributed by atoms with Gasteiger partial charge in [-0.25, -0.2) is 4.79 Å². The van der Waals surface area contributed by atoms with Gasteiger partial charge in [-0.1, -0.05) is 66.9 Å². The molecule has 3 rings (SSSR count). The lowest BCUT2D eigenvalue weighted by Gasteiger charge is -2.20. The van der Waals surface area contributed by atoms with Crippen LogP contribution in [-0.2, 0) is 14.3 Å². The summed E-state index contributed by atoms with van der Waals surface area (Å²) in [6.45, 7) is 1.38. The van der Waals surface area contributed by atoms with Gasteiger partial charge in [0.2, 0.25) is 0 Å². The summed E-state index contributed by atoms with van der Waals surface area (Å²) in [6, 6.07) is 14.3. The molecule has 0 bridgehead atoms. The van der Waals surface area contributed by atoms with Crippen molar-refractivity contribution in [1.82, 2.24) is 16.0 Å². The summed E-state index contributed by atoms with van der Waals surface area (Å²) in [7, 11) is 0. The van der Waals surface area contributed by atoms with Crippen LogP contribution >= 0.6 is 11.6 Å². The van der Waals surface area contributed by atoms with Crippen LogP contribution in [0.4, 0.5) is 4.79 Å². The first-order valence-electron chi connectivity index (χ1n) is 11.2. The Hall–Kier alpha value is -3.39. The maximum Gasteiger partial charge on any atom is 0.321 e. The number of urea groups is 1. The highest BCUT2D eigenvalue weighted by molar-refractivity contribution is 6.33. The van der Waals surface area contributed by atoms with Crippen LogP contribution in [0.15, 0.2) is 54.6 Å². The van der Waals surface area contributed by atoms with E-state index in [1.54, 1.807) is 48.5 Å². The van der Waals surface area contributed by atoms with Crippen LogP contribution in [0.1, 0.15) is 61.0 Å². The van der Waals surface area contributed by atoms with Gasteiger partial charge in [0, 0.05) is 6.04 Å². The lowest BCUT2D eigenvalue weighted by atomic mass is 10.0. The monoisotopic (exact) mass is 485 g/mol. The molecule has 9 heteroatoms. The zero-order valence-electron chi connectivity index (χ0n) is 18.9. The largest absolute Gasteiger partial charge is 0.452 e. The van der Waals surface area contributed by atoms with Gasteiger partial charge in [0.15, 0.2) is 6.10 Å². The number of halogens is 1. The maximum atomic E-state index is 12.8. The normalized spacial score (nSPS) is 15.1. The Morgan fingerprint density at radius 3 is 2.32 bits per heavy atom. The summed E-state index contributed by atoms with van der Waals surface area (Å²) in [5.74, 6) is -1.87. The first kappa shape index (κ1) is 25.2. The molecule has 1 aliphatic carbocycles. The highest BCUT2D eigenvalue weighted by Gasteiger charge is 2.26. The van der Waals surface area contributed by atoms with Crippen molar-refractivity contribution >= 4 is 35.4 Å². The average molecular weight is 486 g/mol. The van der Waals surface area contributed by atoms with Crippen molar-refractivity contribution in [3.63, 3.8) is 0 Å². The second-order valence-corrected chi connectivity index (χ2v) is 8.60. The van der Waals surface area contributed by atoms with Crippen molar-refractivity contribution < 1.29 is 23.9 Å². The molecule has 0 saturated heterocycles. The molecule has 1 aliphatic rings. The van der Waals surface area contributed by atoms with E-state index in [1.165, 1.54) is 6.92 Å². The minimum Gasteiger partial charge on any atom is -0.452 e. The standard InChI is InChI=1S/C25H28ClN3O5/c1-16(23(31)29-25(33)27-18-11-5-6-12-18)34-22(30)15-21(17-9-3-2-4-10-17)28-24(32)19-13-7-8-14-20(19)26/h2-4,7-10,13-14,16,18,21H,5-6,11-12,15H2,1H3,(H,28,32)(H2,27,29,31,33)/t16-,21-/m0/s1. The first-order valence-corrected chi connectivity index (χ1v) is 11.6. The SMILES string of the molecule is C[C@H](OC(=O)C[C@H](NC(=O)c1ccccc1Cl)c1ccccc1)C(=O)NC(=O)NC1CCCC1. The third-order valence-electron chi connectivity index (χ3n) is 5.60. The quantitative estimate of drug-likeness (QED) is 0.491. The van der Waals surface area contributed by atoms with Gasteiger partial charge in [-0.2, -0.15) is 0 Å². The number of nitrogens with one attached hydrogen (secondary N) is 3. The molecule has 2 atom stereocenters. The number of hydrogen-bond donors (Lipinski definition) is 3. The molecule has 0 radical (unpaired) electrons. The summed E-state index contributed by atoms with van der Waals surface area (Å²) in [6.07, 6.45) is 2.45. The zero-order chi connectivity index (χ0) is 24.5. The van der Waals surface area contributed by atoms with E-state index < -0.39 is 36.0 Å². The van der Waals surface area contributed by atoms with Gasteiger partial charge in [0.25, 0.3) is 11.8 Å². The molecule has 0 heterocycles. The highest BCUT2D eigenvalue weighted by atomic mass is 35.5. The van der Waals surface area contributed by atoms with E-state index in [1.807, 2.05) is 6.07 Å². The second-order valence-electron chi connectivity index (χ2n) is 8.20. The molecule has 0 aromatic heterocycles. The van der Waals surface area contributed by atoms with Gasteiger partial charge in [0.05, 0.1) is 23.0 Å². The predicted molar refractivity (Wildman–Crippen MR) is 127 cm³/mol. The van der Waals surface area contributed by atoms with E-state index in [9.17, 15) is 19.2 Å². The molecule has 0 spiro atoms. The second kappa shape index (κ2) is 12.2. The summed E-state index contributed by atoms with van der Waals surface area (Å²) >= 11 is 6.12. The highest BCUT2D eigenvalue weighted by Crippen LogP contribution is 2.21. The van der Waals surface area contributed by atoms with Crippen LogP contribution in [0, 0.1) is 0 Å². The van der Waals surface area contributed by atoms with Crippen molar-refractivity contribution in [1.29, 1.82) is 0 Å². The van der Waals surface area contributed by atoms with Gasteiger partial charge >= 0.3 is 12.0 Å². The summed E-state index contributed by atoms with van der Waals surface area (Å²) in [5, 5.41) is 8.05. The Morgan fingerprint density at radius 2 is 1.65 bits per heavy atom. The Bertz CT molecular complexity index is 1020. The number of rotatable bonds is 8. The molecular weight excluding hydrogens is 458 g/mol. The van der Waals surface area contributed by atoms with Gasteiger partial charge in [0.1, 0.15) is 0 Å². The van der Waals surface area contributed by atoms with Crippen LogP contribution in [0.3, 0.4) is 0 Å². The fraction of sp³-hybridized carbons (Fsp3) is 0.360. The molecule has 3 N–H and O–H groups in total. The summed E-state index contributed by atoms with van der Waals surface area (Å²) in [5.41, 5.74) is 0.965. The Labute approximate surface area is 203 Å². The van der Waals surface area contributed by atoms with Crippen molar-refractivity contribution in [2.75, 3.05) is 0 Å².